The van der Waals surface area contributed by atoms with Crippen molar-refractivity contribution in [3.05, 3.63) is 36.4 Å². The lowest BCUT2D eigenvalue weighted by molar-refractivity contribution is 0.0434. The summed E-state index contributed by atoms with van der Waals surface area (Å²) in [4.78, 5) is 0. The van der Waals surface area contributed by atoms with Crippen LogP contribution in [0.3, 0.4) is 0 Å². The summed E-state index contributed by atoms with van der Waals surface area (Å²) in [6.45, 7) is 16.9. The van der Waals surface area contributed by atoms with Gasteiger partial charge < -0.3 is 19.3 Å². The van der Waals surface area contributed by atoms with Gasteiger partial charge in [0.25, 0.3) is 0 Å². The molecule has 1 atom stereocenters. The van der Waals surface area contributed by atoms with E-state index in [1.165, 1.54) is 18.9 Å². The van der Waals surface area contributed by atoms with Gasteiger partial charge in [0.1, 0.15) is 0 Å². The minimum atomic E-state index is -1.64. The second-order valence-corrected chi connectivity index (χ2v) is 17.6. The molecule has 2 N–H and O–H groups in total. The molecule has 6 heteroatoms. The molecule has 0 fully saturated rings. The fourth-order valence-corrected chi connectivity index (χ4v) is 12.3. The van der Waals surface area contributed by atoms with Crippen molar-refractivity contribution in [1.29, 1.82) is 0 Å². The zero-order valence-corrected chi connectivity index (χ0v) is 20.6. The van der Waals surface area contributed by atoms with Gasteiger partial charge in [-0.05, 0) is 62.4 Å². The Morgan fingerprint density at radius 1 is 1.14 bits per heavy atom. The van der Waals surface area contributed by atoms with Crippen LogP contribution in [0.5, 0.6) is 0 Å². The maximum atomic E-state index is 10.1. The van der Waals surface area contributed by atoms with Gasteiger partial charge in [-0.15, -0.1) is 0 Å². The number of unbranched alkanes of at least 4 members (excludes halogenated alkanes) is 1. The number of hydrogen-bond donors (Lipinski definition) is 2. The summed E-state index contributed by atoms with van der Waals surface area (Å²) in [7, 11) is -3.17. The Morgan fingerprint density at radius 2 is 1.82 bits per heavy atom. The SMILES string of the molecule is C=Cc1cccc(NCC(O)COCCC[Si](C)(C)O[Si](C)(C)CCCC)c1. The highest BCUT2D eigenvalue weighted by Crippen LogP contribution is 2.24. The highest BCUT2D eigenvalue weighted by molar-refractivity contribution is 6.84. The number of benzene rings is 1. The molecule has 1 aromatic carbocycles. The molecule has 28 heavy (non-hydrogen) atoms. The van der Waals surface area contributed by atoms with E-state index in [0.29, 0.717) is 19.8 Å². The van der Waals surface area contributed by atoms with Crippen LogP contribution in [0.15, 0.2) is 30.8 Å². The molecular weight excluding hydrogens is 382 g/mol. The third-order valence-corrected chi connectivity index (χ3v) is 12.3. The molecule has 1 unspecified atom stereocenters. The van der Waals surface area contributed by atoms with E-state index >= 15 is 0 Å². The van der Waals surface area contributed by atoms with Crippen LogP contribution in [-0.2, 0) is 8.85 Å². The maximum Gasteiger partial charge on any atom is 0.173 e. The minimum absolute atomic E-state index is 0.355. The first-order valence-electron chi connectivity index (χ1n) is 10.6. The number of ether oxygens (including phenoxy) is 1. The zero-order chi connectivity index (χ0) is 21.0. The van der Waals surface area contributed by atoms with Gasteiger partial charge in [-0.2, -0.15) is 0 Å². The van der Waals surface area contributed by atoms with Gasteiger partial charge in [0.2, 0.25) is 0 Å². The summed E-state index contributed by atoms with van der Waals surface area (Å²) >= 11 is 0. The molecule has 4 nitrogen and oxygen atoms in total. The van der Waals surface area contributed by atoms with Gasteiger partial charge in [-0.1, -0.05) is 44.6 Å². The van der Waals surface area contributed by atoms with E-state index in [2.05, 4.69) is 45.0 Å². The van der Waals surface area contributed by atoms with Crippen molar-refractivity contribution in [1.82, 2.24) is 0 Å². The molecule has 0 aliphatic rings. The summed E-state index contributed by atoms with van der Waals surface area (Å²) in [6.07, 6.45) is 4.81. The molecule has 1 aromatic rings. The maximum absolute atomic E-state index is 10.1. The Labute approximate surface area is 174 Å². The average Bonchev–Trinajstić information content (AvgIpc) is 2.63. The molecule has 160 valence electrons. The van der Waals surface area contributed by atoms with Gasteiger partial charge in [-0.25, -0.2) is 0 Å². The predicted molar refractivity (Wildman–Crippen MR) is 127 cm³/mol. The van der Waals surface area contributed by atoms with Crippen molar-refractivity contribution in [3.8, 4) is 0 Å². The Hall–Kier alpha value is -0.926. The van der Waals surface area contributed by atoms with E-state index in [9.17, 15) is 5.11 Å². The predicted octanol–water partition coefficient (Wildman–Crippen LogP) is 5.74. The summed E-state index contributed by atoms with van der Waals surface area (Å²) in [5.74, 6) is 0. The fourth-order valence-electron chi connectivity index (χ4n) is 3.34. The fraction of sp³-hybridized carbons (Fsp3) is 0.636. The van der Waals surface area contributed by atoms with Crippen molar-refractivity contribution < 1.29 is 14.0 Å². The smallest absolute Gasteiger partial charge is 0.173 e. The second-order valence-electron chi connectivity index (χ2n) is 8.77. The van der Waals surface area contributed by atoms with Crippen LogP contribution >= 0.6 is 0 Å². The molecule has 0 heterocycles. The van der Waals surface area contributed by atoms with Crippen LogP contribution in [0.1, 0.15) is 31.7 Å². The lowest BCUT2D eigenvalue weighted by Crippen LogP contribution is -2.44. The van der Waals surface area contributed by atoms with Gasteiger partial charge in [0.15, 0.2) is 16.6 Å². The molecule has 0 amide bonds. The monoisotopic (exact) mass is 423 g/mol. The quantitative estimate of drug-likeness (QED) is 0.279. The van der Waals surface area contributed by atoms with E-state index in [0.717, 1.165) is 23.7 Å². The van der Waals surface area contributed by atoms with Crippen molar-refractivity contribution >= 4 is 28.4 Å². The molecule has 0 saturated carbocycles. The Morgan fingerprint density at radius 3 is 2.46 bits per heavy atom. The van der Waals surface area contributed by atoms with Crippen LogP contribution in [0.25, 0.3) is 6.08 Å². The van der Waals surface area contributed by atoms with E-state index in [4.69, 9.17) is 8.85 Å². The lowest BCUT2D eigenvalue weighted by atomic mass is 10.2. The van der Waals surface area contributed by atoms with E-state index < -0.39 is 22.7 Å². The number of hydrogen-bond acceptors (Lipinski definition) is 4. The van der Waals surface area contributed by atoms with Crippen molar-refractivity contribution in [2.75, 3.05) is 25.1 Å². The second kappa shape index (κ2) is 12.6. The van der Waals surface area contributed by atoms with Gasteiger partial charge in [-0.3, -0.25) is 0 Å². The number of rotatable bonds is 15. The number of aliphatic hydroxyl groups is 1. The summed E-state index contributed by atoms with van der Waals surface area (Å²) < 4.78 is 12.3. The highest BCUT2D eigenvalue weighted by Gasteiger charge is 2.32. The van der Waals surface area contributed by atoms with Crippen LogP contribution < -0.4 is 5.32 Å². The number of anilines is 1. The third kappa shape index (κ3) is 11.2. The van der Waals surface area contributed by atoms with Crippen molar-refractivity contribution in [2.24, 2.45) is 0 Å². The molecular formula is C22H41NO3Si2. The topological polar surface area (TPSA) is 50.7 Å². The Kier molecular flexibility index (Phi) is 11.3. The standard InChI is InChI=1S/C22H41NO3Si2/c1-7-9-15-27(3,4)26-28(5,6)16-11-14-25-19-22(24)18-23-21-13-10-12-20(8-2)17-21/h8,10,12-13,17,22-24H,2,7,9,11,14-16,18-19H2,1,3-6H3. The van der Waals surface area contributed by atoms with Crippen molar-refractivity contribution in [2.45, 2.75) is 70.6 Å². The molecule has 0 saturated heterocycles. The minimum Gasteiger partial charge on any atom is -0.455 e. The average molecular weight is 424 g/mol. The first-order valence-corrected chi connectivity index (χ1v) is 16.8. The number of aliphatic hydroxyl groups excluding tert-OH is 1. The van der Waals surface area contributed by atoms with Crippen LogP contribution in [-0.4, -0.2) is 47.6 Å². The molecule has 1 rings (SSSR count). The number of nitrogens with one attached hydrogen (secondary N) is 1. The molecule has 0 spiro atoms. The summed E-state index contributed by atoms with van der Waals surface area (Å²) in [5, 5.41) is 13.4. The Balaban J connectivity index is 2.20. The van der Waals surface area contributed by atoms with Gasteiger partial charge in [0, 0.05) is 18.8 Å². The molecule has 0 radical (unpaired) electrons. The molecule has 0 aromatic heterocycles. The molecule has 0 bridgehead atoms. The van der Waals surface area contributed by atoms with E-state index in [1.54, 1.807) is 0 Å². The Bertz CT molecular complexity index is 579. The summed E-state index contributed by atoms with van der Waals surface area (Å²) in [5.41, 5.74) is 2.04. The largest absolute Gasteiger partial charge is 0.455 e. The van der Waals surface area contributed by atoms with Crippen LogP contribution in [0, 0.1) is 0 Å². The first kappa shape index (κ1) is 25.1. The molecule has 0 aliphatic carbocycles. The zero-order valence-electron chi connectivity index (χ0n) is 18.6. The van der Waals surface area contributed by atoms with E-state index in [1.807, 2.05) is 30.3 Å². The molecule has 0 aliphatic heterocycles. The van der Waals surface area contributed by atoms with Crippen LogP contribution in [0.4, 0.5) is 5.69 Å². The van der Waals surface area contributed by atoms with E-state index in [-0.39, 0.29) is 0 Å². The summed E-state index contributed by atoms with van der Waals surface area (Å²) in [6, 6.07) is 10.3. The first-order chi connectivity index (χ1) is 13.2. The third-order valence-electron chi connectivity index (χ3n) is 4.73. The van der Waals surface area contributed by atoms with Crippen LogP contribution in [0.2, 0.25) is 38.3 Å². The van der Waals surface area contributed by atoms with Crippen molar-refractivity contribution in [3.63, 3.8) is 0 Å². The lowest BCUT2D eigenvalue weighted by Gasteiger charge is -2.34. The van der Waals surface area contributed by atoms with Gasteiger partial charge >= 0.3 is 0 Å². The highest BCUT2D eigenvalue weighted by atomic mass is 28.4. The van der Waals surface area contributed by atoms with Gasteiger partial charge in [0.05, 0.1) is 12.7 Å². The normalized spacial score (nSPS) is 13.4.